The van der Waals surface area contributed by atoms with Crippen molar-refractivity contribution in [3.8, 4) is 5.75 Å². The van der Waals surface area contributed by atoms with Gasteiger partial charge in [-0.2, -0.15) is 8.78 Å². The van der Waals surface area contributed by atoms with E-state index < -0.39 is 25.1 Å². The summed E-state index contributed by atoms with van der Waals surface area (Å²) in [5, 5.41) is 0. The summed E-state index contributed by atoms with van der Waals surface area (Å²) in [4.78, 5) is 38.1. The predicted octanol–water partition coefficient (Wildman–Crippen LogP) is 2.14. The fourth-order valence-corrected chi connectivity index (χ4v) is 3.08. The lowest BCUT2D eigenvalue weighted by Gasteiger charge is -2.17. The van der Waals surface area contributed by atoms with Crippen LogP contribution >= 0.6 is 0 Å². The van der Waals surface area contributed by atoms with Crippen molar-refractivity contribution in [1.29, 1.82) is 0 Å². The molecule has 0 aliphatic carbocycles. The number of halogens is 2. The largest absolute Gasteiger partial charge is 0.454 e. The third-order valence-corrected chi connectivity index (χ3v) is 4.69. The average molecular weight is 433 g/mol. The van der Waals surface area contributed by atoms with Crippen molar-refractivity contribution in [3.05, 3.63) is 64.6 Å². The molecule has 0 aliphatic heterocycles. The Morgan fingerprint density at radius 1 is 1.06 bits per heavy atom. The van der Waals surface area contributed by atoms with Gasteiger partial charge in [0.1, 0.15) is 12.3 Å². The molecule has 164 valence electrons. The predicted molar refractivity (Wildman–Crippen MR) is 108 cm³/mol. The second kappa shape index (κ2) is 9.41. The van der Waals surface area contributed by atoms with Crippen LogP contribution in [0.3, 0.4) is 0 Å². The number of aryl methyl sites for hydroxylation is 1. The molecule has 0 saturated carbocycles. The van der Waals surface area contributed by atoms with Crippen LogP contribution in [-0.4, -0.2) is 46.2 Å². The molecule has 0 spiro atoms. The highest BCUT2D eigenvalue weighted by molar-refractivity contribution is 5.82. The van der Waals surface area contributed by atoms with Gasteiger partial charge in [-0.15, -0.1) is 0 Å². The molecule has 0 fully saturated rings. The number of alkyl halides is 2. The van der Waals surface area contributed by atoms with E-state index in [9.17, 15) is 23.2 Å². The number of aromatic nitrogens is 2. The molecule has 0 bridgehead atoms. The smallest absolute Gasteiger partial charge is 0.387 e. The molecular weight excluding hydrogens is 412 g/mol. The molecule has 0 atom stereocenters. The zero-order valence-electron chi connectivity index (χ0n) is 17.0. The number of carbonyl (C=O) groups excluding carboxylic acids is 2. The lowest BCUT2D eigenvalue weighted by Crippen LogP contribution is -2.32. The number of imidazole rings is 1. The van der Waals surface area contributed by atoms with Gasteiger partial charge in [-0.25, -0.2) is 4.79 Å². The van der Waals surface area contributed by atoms with E-state index in [0.29, 0.717) is 16.6 Å². The topological polar surface area (TPSA) is 82.8 Å². The van der Waals surface area contributed by atoms with Gasteiger partial charge < -0.3 is 14.4 Å². The first kappa shape index (κ1) is 22.0. The summed E-state index contributed by atoms with van der Waals surface area (Å²) in [6, 6.07) is 12.9. The average Bonchev–Trinajstić information content (AvgIpc) is 2.98. The zero-order chi connectivity index (χ0) is 22.5. The Bertz CT molecular complexity index is 1140. The van der Waals surface area contributed by atoms with Crippen LogP contribution in [0, 0.1) is 0 Å². The van der Waals surface area contributed by atoms with Gasteiger partial charge in [0.25, 0.3) is 5.91 Å². The Morgan fingerprint density at radius 3 is 2.35 bits per heavy atom. The summed E-state index contributed by atoms with van der Waals surface area (Å²) >= 11 is 0. The number of benzene rings is 2. The quantitative estimate of drug-likeness (QED) is 0.509. The van der Waals surface area contributed by atoms with Crippen LogP contribution in [-0.2, 0) is 34.5 Å². The molecule has 2 aromatic carbocycles. The summed E-state index contributed by atoms with van der Waals surface area (Å²) in [6.07, 6.45) is 0. The first-order valence-electron chi connectivity index (χ1n) is 9.34. The van der Waals surface area contributed by atoms with E-state index in [1.54, 1.807) is 43.4 Å². The van der Waals surface area contributed by atoms with E-state index in [-0.39, 0.29) is 24.5 Å². The molecule has 1 aromatic heterocycles. The zero-order valence-corrected chi connectivity index (χ0v) is 17.0. The summed E-state index contributed by atoms with van der Waals surface area (Å²) < 4.78 is 36.4. The summed E-state index contributed by atoms with van der Waals surface area (Å²) in [5.41, 5.74) is 1.60. The molecule has 0 saturated heterocycles. The number of ether oxygens (including phenoxy) is 2. The minimum absolute atomic E-state index is 0.0188. The first-order chi connectivity index (χ1) is 14.8. The molecule has 1 amide bonds. The van der Waals surface area contributed by atoms with Crippen LogP contribution in [0.15, 0.2) is 53.3 Å². The lowest BCUT2D eigenvalue weighted by molar-refractivity contribution is -0.152. The summed E-state index contributed by atoms with van der Waals surface area (Å²) in [7, 11) is 3.13. The van der Waals surface area contributed by atoms with E-state index in [0.717, 1.165) is 0 Å². The number of esters is 1. The van der Waals surface area contributed by atoms with Gasteiger partial charge in [-0.05, 0) is 29.8 Å². The first-order valence-corrected chi connectivity index (χ1v) is 9.34. The van der Waals surface area contributed by atoms with Gasteiger partial charge in [-0.1, -0.05) is 24.3 Å². The van der Waals surface area contributed by atoms with Crippen molar-refractivity contribution in [2.24, 2.45) is 7.05 Å². The van der Waals surface area contributed by atoms with E-state index in [2.05, 4.69) is 4.74 Å². The maximum Gasteiger partial charge on any atom is 0.387 e. The van der Waals surface area contributed by atoms with Gasteiger partial charge in [-0.3, -0.25) is 18.7 Å². The number of carbonyl (C=O) groups is 2. The molecule has 0 radical (unpaired) electrons. The second-order valence-electron chi connectivity index (χ2n) is 6.85. The monoisotopic (exact) mass is 433 g/mol. The van der Waals surface area contributed by atoms with Crippen molar-refractivity contribution in [1.82, 2.24) is 14.0 Å². The van der Waals surface area contributed by atoms with E-state index >= 15 is 0 Å². The molecule has 0 aliphatic rings. The fourth-order valence-electron chi connectivity index (χ4n) is 3.08. The summed E-state index contributed by atoms with van der Waals surface area (Å²) in [5.74, 6) is -1.15. The van der Waals surface area contributed by atoms with Crippen LogP contribution < -0.4 is 10.4 Å². The van der Waals surface area contributed by atoms with Crippen LogP contribution in [0.25, 0.3) is 11.0 Å². The Labute approximate surface area is 176 Å². The Balaban J connectivity index is 1.54. The van der Waals surface area contributed by atoms with Crippen LogP contribution in [0.4, 0.5) is 8.78 Å². The van der Waals surface area contributed by atoms with Crippen molar-refractivity contribution in [3.63, 3.8) is 0 Å². The highest BCUT2D eigenvalue weighted by Crippen LogP contribution is 2.16. The fraction of sp³-hybridized carbons (Fsp3) is 0.286. The number of para-hydroxylation sites is 2. The number of nitrogens with zero attached hydrogens (tertiary/aromatic N) is 3. The SMILES string of the molecule is CN(Cc1ccc(OC(F)F)cc1)C(=O)COC(=O)Cn1c(=O)n(C)c2ccccc21. The van der Waals surface area contributed by atoms with Crippen LogP contribution in [0.5, 0.6) is 5.75 Å². The Morgan fingerprint density at radius 2 is 1.71 bits per heavy atom. The van der Waals surface area contributed by atoms with Crippen molar-refractivity contribution in [2.75, 3.05) is 13.7 Å². The summed E-state index contributed by atoms with van der Waals surface area (Å²) in [6.45, 7) is -3.52. The van der Waals surface area contributed by atoms with Crippen molar-refractivity contribution < 1.29 is 27.8 Å². The normalized spacial score (nSPS) is 11.0. The number of hydrogen-bond acceptors (Lipinski definition) is 5. The van der Waals surface area contributed by atoms with Crippen molar-refractivity contribution in [2.45, 2.75) is 19.7 Å². The third-order valence-electron chi connectivity index (χ3n) is 4.69. The van der Waals surface area contributed by atoms with Gasteiger partial charge in [0.2, 0.25) is 0 Å². The molecular formula is C21H21F2N3O5. The van der Waals surface area contributed by atoms with Gasteiger partial charge >= 0.3 is 18.3 Å². The Kier molecular flexibility index (Phi) is 6.68. The number of likely N-dealkylation sites (N-methyl/N-ethyl adjacent to an activating group) is 1. The van der Waals surface area contributed by atoms with E-state index in [1.807, 2.05) is 0 Å². The molecule has 10 heteroatoms. The number of rotatable bonds is 8. The maximum absolute atomic E-state index is 12.3. The molecule has 0 N–H and O–H groups in total. The number of amides is 1. The van der Waals surface area contributed by atoms with E-state index in [4.69, 9.17) is 4.74 Å². The molecule has 1 heterocycles. The highest BCUT2D eigenvalue weighted by atomic mass is 19.3. The van der Waals surface area contributed by atoms with Gasteiger partial charge in [0.05, 0.1) is 11.0 Å². The minimum Gasteiger partial charge on any atom is -0.454 e. The molecule has 8 nitrogen and oxygen atoms in total. The number of hydrogen-bond donors (Lipinski definition) is 0. The highest BCUT2D eigenvalue weighted by Gasteiger charge is 2.16. The van der Waals surface area contributed by atoms with Gasteiger partial charge in [0.15, 0.2) is 6.61 Å². The van der Waals surface area contributed by atoms with Gasteiger partial charge in [0, 0.05) is 20.6 Å². The molecule has 3 aromatic rings. The third kappa shape index (κ3) is 5.27. The van der Waals surface area contributed by atoms with Crippen molar-refractivity contribution >= 4 is 22.9 Å². The number of fused-ring (bicyclic) bond motifs is 1. The molecule has 0 unspecified atom stereocenters. The second-order valence-corrected chi connectivity index (χ2v) is 6.85. The van der Waals surface area contributed by atoms with Crippen LogP contribution in [0.2, 0.25) is 0 Å². The molecule has 31 heavy (non-hydrogen) atoms. The van der Waals surface area contributed by atoms with E-state index in [1.165, 1.54) is 33.2 Å². The Hall–Kier alpha value is -3.69. The minimum atomic E-state index is -2.91. The maximum atomic E-state index is 12.3. The standard InChI is InChI=1S/C21H21F2N3O5/c1-24(11-14-7-9-15(10-8-14)31-20(22)23)18(27)13-30-19(28)12-26-17-6-4-3-5-16(17)25(2)21(26)29/h3-10,20H,11-13H2,1-2H3. The lowest BCUT2D eigenvalue weighted by atomic mass is 10.2. The van der Waals surface area contributed by atoms with Crippen LogP contribution in [0.1, 0.15) is 5.56 Å². The molecule has 3 rings (SSSR count).